The van der Waals surface area contributed by atoms with Gasteiger partial charge in [0.15, 0.2) is 0 Å². The van der Waals surface area contributed by atoms with Gasteiger partial charge in [-0.15, -0.1) is 0 Å². The van der Waals surface area contributed by atoms with Gasteiger partial charge in [0.1, 0.15) is 0 Å². The minimum Gasteiger partial charge on any atom is -0.366 e. The molecule has 1 unspecified atom stereocenters. The second kappa shape index (κ2) is 16.9. The highest BCUT2D eigenvalue weighted by Gasteiger charge is 2.04. The molecule has 0 aromatic carbocycles. The Morgan fingerprint density at radius 3 is 1.48 bits per heavy atom. The molecule has 0 heterocycles. The third kappa shape index (κ3) is 27.9. The first-order chi connectivity index (χ1) is 10.6. The van der Waals surface area contributed by atoms with Crippen LogP contribution in [0.25, 0.3) is 0 Å². The number of carbonyl (C=O) groups excluding carboxylic acids is 4. The van der Waals surface area contributed by atoms with E-state index in [0.717, 1.165) is 12.2 Å². The lowest BCUT2D eigenvalue weighted by Gasteiger charge is -2.12. The van der Waals surface area contributed by atoms with Gasteiger partial charge in [-0.3, -0.25) is 19.2 Å². The zero-order valence-corrected chi connectivity index (χ0v) is 13.2. The summed E-state index contributed by atoms with van der Waals surface area (Å²) in [5.74, 6) is -1.46. The second-order valence-corrected chi connectivity index (χ2v) is 3.78. The quantitative estimate of drug-likeness (QED) is 0.459. The molecule has 0 saturated heterocycles. The van der Waals surface area contributed by atoms with Gasteiger partial charge in [-0.1, -0.05) is 26.3 Å². The number of hydrogen-bond donors (Lipinski definition) is 4. The molecular weight excluding hydrogens is 300 g/mol. The van der Waals surface area contributed by atoms with Crippen LogP contribution in [0.5, 0.6) is 0 Å². The summed E-state index contributed by atoms with van der Waals surface area (Å²) < 4.78 is 0. The van der Waals surface area contributed by atoms with Crippen molar-refractivity contribution < 1.29 is 19.2 Å². The van der Waals surface area contributed by atoms with Crippen molar-refractivity contribution in [1.82, 2.24) is 10.6 Å². The maximum absolute atomic E-state index is 10.8. The smallest absolute Gasteiger partial charge is 0.243 e. The van der Waals surface area contributed by atoms with E-state index in [0.29, 0.717) is 6.54 Å². The van der Waals surface area contributed by atoms with Gasteiger partial charge in [0.2, 0.25) is 23.6 Å². The van der Waals surface area contributed by atoms with Crippen LogP contribution < -0.4 is 22.1 Å². The summed E-state index contributed by atoms with van der Waals surface area (Å²) >= 11 is 0. The summed E-state index contributed by atoms with van der Waals surface area (Å²) in [7, 11) is 0. The molecular formula is C15H24N4O4. The number of carbonyl (C=O) groups is 4. The number of primary amides is 2. The highest BCUT2D eigenvalue weighted by atomic mass is 16.2. The van der Waals surface area contributed by atoms with Crippen molar-refractivity contribution in [3.05, 3.63) is 50.6 Å². The molecule has 1 atom stereocenters. The van der Waals surface area contributed by atoms with Crippen LogP contribution in [0.2, 0.25) is 0 Å². The predicted octanol–water partition coefficient (Wildman–Crippen LogP) is -0.705. The Balaban J connectivity index is -0.000000329. The van der Waals surface area contributed by atoms with Crippen LogP contribution in [-0.4, -0.2) is 36.2 Å². The van der Waals surface area contributed by atoms with E-state index in [1.54, 1.807) is 6.92 Å². The molecule has 0 aromatic rings. The minimum absolute atomic E-state index is 0.116. The SMILES string of the molecule is C=CC(=O)NCC(C)NC(=O)C=C.C=CC(N)=O.C=CC(N)=O. The lowest BCUT2D eigenvalue weighted by molar-refractivity contribution is -0.118. The first kappa shape index (κ1) is 24.8. The molecule has 8 heteroatoms. The first-order valence-corrected chi connectivity index (χ1v) is 6.31. The summed E-state index contributed by atoms with van der Waals surface area (Å²) in [6, 6.07) is -0.116. The Morgan fingerprint density at radius 1 is 0.870 bits per heavy atom. The predicted molar refractivity (Wildman–Crippen MR) is 89.8 cm³/mol. The normalized spacial score (nSPS) is 9.09. The zero-order valence-electron chi connectivity index (χ0n) is 13.2. The second-order valence-electron chi connectivity index (χ2n) is 3.78. The van der Waals surface area contributed by atoms with Crippen LogP contribution in [0, 0.1) is 0 Å². The highest BCUT2D eigenvalue weighted by Crippen LogP contribution is 1.80. The lowest BCUT2D eigenvalue weighted by Crippen LogP contribution is -2.40. The van der Waals surface area contributed by atoms with E-state index in [4.69, 9.17) is 0 Å². The summed E-state index contributed by atoms with van der Waals surface area (Å²) in [5, 5.41) is 5.16. The lowest BCUT2D eigenvalue weighted by atomic mass is 10.3. The van der Waals surface area contributed by atoms with Crippen LogP contribution in [0.3, 0.4) is 0 Å². The molecule has 6 N–H and O–H groups in total. The molecule has 0 fully saturated rings. The molecule has 0 aliphatic carbocycles. The van der Waals surface area contributed by atoms with Crippen molar-refractivity contribution in [2.75, 3.05) is 6.54 Å². The van der Waals surface area contributed by atoms with Crippen LogP contribution in [0.1, 0.15) is 6.92 Å². The Morgan fingerprint density at radius 2 is 1.22 bits per heavy atom. The molecule has 0 rings (SSSR count). The van der Waals surface area contributed by atoms with E-state index < -0.39 is 11.8 Å². The minimum atomic E-state index is -0.481. The molecule has 8 nitrogen and oxygen atoms in total. The van der Waals surface area contributed by atoms with E-state index in [2.05, 4.69) is 48.4 Å². The van der Waals surface area contributed by atoms with Crippen molar-refractivity contribution >= 4 is 23.6 Å². The van der Waals surface area contributed by atoms with Gasteiger partial charge in [-0.05, 0) is 31.2 Å². The van der Waals surface area contributed by atoms with Gasteiger partial charge in [0, 0.05) is 12.6 Å². The van der Waals surface area contributed by atoms with Crippen LogP contribution in [-0.2, 0) is 19.2 Å². The first-order valence-electron chi connectivity index (χ1n) is 6.31. The molecule has 0 saturated carbocycles. The van der Waals surface area contributed by atoms with Crippen LogP contribution in [0.4, 0.5) is 0 Å². The third-order valence-electron chi connectivity index (χ3n) is 1.74. The Hall–Kier alpha value is -3.16. The molecule has 0 aliphatic rings. The third-order valence-corrected chi connectivity index (χ3v) is 1.74. The van der Waals surface area contributed by atoms with Crippen molar-refractivity contribution in [3.8, 4) is 0 Å². The van der Waals surface area contributed by atoms with Crippen molar-refractivity contribution in [2.24, 2.45) is 11.5 Å². The molecule has 23 heavy (non-hydrogen) atoms. The number of nitrogens with two attached hydrogens (primary N) is 2. The fraction of sp³-hybridized carbons (Fsp3) is 0.200. The number of nitrogens with one attached hydrogen (secondary N) is 2. The number of rotatable bonds is 7. The molecule has 0 bridgehead atoms. The van der Waals surface area contributed by atoms with Gasteiger partial charge in [0.25, 0.3) is 0 Å². The van der Waals surface area contributed by atoms with Crippen LogP contribution >= 0.6 is 0 Å². The van der Waals surface area contributed by atoms with Crippen LogP contribution in [0.15, 0.2) is 50.6 Å². The van der Waals surface area contributed by atoms with E-state index in [9.17, 15) is 19.2 Å². The fourth-order valence-electron chi connectivity index (χ4n) is 0.679. The van der Waals surface area contributed by atoms with E-state index in [1.807, 2.05) is 0 Å². The van der Waals surface area contributed by atoms with E-state index >= 15 is 0 Å². The molecule has 0 aromatic heterocycles. The highest BCUT2D eigenvalue weighted by molar-refractivity contribution is 5.88. The van der Waals surface area contributed by atoms with E-state index in [-0.39, 0.29) is 17.9 Å². The van der Waals surface area contributed by atoms with Crippen molar-refractivity contribution in [1.29, 1.82) is 0 Å². The summed E-state index contributed by atoms with van der Waals surface area (Å²) in [6.45, 7) is 14.9. The zero-order chi connectivity index (χ0) is 18.8. The summed E-state index contributed by atoms with van der Waals surface area (Å²) in [6.07, 6.45) is 4.48. The van der Waals surface area contributed by atoms with Crippen molar-refractivity contribution in [2.45, 2.75) is 13.0 Å². The average molecular weight is 324 g/mol. The van der Waals surface area contributed by atoms with Gasteiger partial charge < -0.3 is 22.1 Å². The Kier molecular flexibility index (Phi) is 18.2. The van der Waals surface area contributed by atoms with E-state index in [1.165, 1.54) is 12.2 Å². The maximum Gasteiger partial charge on any atom is 0.243 e. The molecule has 0 aliphatic heterocycles. The van der Waals surface area contributed by atoms with Crippen molar-refractivity contribution in [3.63, 3.8) is 0 Å². The largest absolute Gasteiger partial charge is 0.366 e. The number of amides is 4. The van der Waals surface area contributed by atoms with Gasteiger partial charge in [0.05, 0.1) is 0 Å². The Labute approximate surface area is 136 Å². The summed E-state index contributed by atoms with van der Waals surface area (Å²) in [5.41, 5.74) is 9.07. The fourth-order valence-corrected chi connectivity index (χ4v) is 0.679. The molecule has 0 radical (unpaired) electrons. The monoisotopic (exact) mass is 324 g/mol. The Bertz CT molecular complexity index is 440. The van der Waals surface area contributed by atoms with Gasteiger partial charge in [-0.2, -0.15) is 0 Å². The standard InChI is InChI=1S/C9H14N2O2.2C3H5NO/c1-4-8(12)10-6-7(3)11-9(13)5-2;2*1-2-3(4)5/h4-5,7H,1-2,6H2,3H3,(H,10,12)(H,11,13);2*2H,1H2,(H2,4,5). The van der Waals surface area contributed by atoms with Gasteiger partial charge in [-0.25, -0.2) is 0 Å². The molecule has 4 amide bonds. The summed E-state index contributed by atoms with van der Waals surface area (Å²) in [4.78, 5) is 40.4. The molecule has 128 valence electrons. The maximum atomic E-state index is 10.8. The molecule has 0 spiro atoms. The topological polar surface area (TPSA) is 144 Å². The van der Waals surface area contributed by atoms with Gasteiger partial charge >= 0.3 is 0 Å². The average Bonchev–Trinajstić information content (AvgIpc) is 2.53. The number of hydrogen-bond acceptors (Lipinski definition) is 4.